The molecule has 0 saturated heterocycles. The molecule has 112 valence electrons. The van der Waals surface area contributed by atoms with Gasteiger partial charge in [-0.3, -0.25) is 0 Å². The zero-order valence-electron chi connectivity index (χ0n) is 12.1. The van der Waals surface area contributed by atoms with Gasteiger partial charge in [-0.15, -0.1) is 0 Å². The quantitative estimate of drug-likeness (QED) is 0.656. The molecule has 2 aromatic rings. The Kier molecular flexibility index (Phi) is 4.87. The molecule has 0 amide bonds. The summed E-state index contributed by atoms with van der Waals surface area (Å²) in [4.78, 5) is 0. The number of anilines is 1. The number of ether oxygens (including phenoxy) is 3. The lowest BCUT2D eigenvalue weighted by atomic mass is 10.2. The first-order valence-electron chi connectivity index (χ1n) is 6.56. The van der Waals surface area contributed by atoms with Gasteiger partial charge in [0, 0.05) is 11.8 Å². The average Bonchev–Trinajstić information content (AvgIpc) is 2.49. The molecule has 0 aliphatic rings. The van der Waals surface area contributed by atoms with Crippen LogP contribution >= 0.6 is 0 Å². The van der Waals surface area contributed by atoms with Crippen molar-refractivity contribution in [2.75, 3.05) is 26.1 Å². The number of methoxy groups -OCH3 is 1. The molecule has 0 aromatic heterocycles. The van der Waals surface area contributed by atoms with E-state index in [1.54, 1.807) is 32.2 Å². The van der Waals surface area contributed by atoms with Gasteiger partial charge >= 0.3 is 0 Å². The Hall–Kier alpha value is -2.43. The standard InChI is InChI=1S/C16H18FNO3/c1-11-9-16(12(17)10-13(11)18)21-8-7-20-15-6-4-3-5-14(15)19-2/h3-6,9-10H,7-8,18H2,1-2H3. The van der Waals surface area contributed by atoms with E-state index in [1.807, 2.05) is 12.1 Å². The number of hydrogen-bond acceptors (Lipinski definition) is 4. The van der Waals surface area contributed by atoms with Crippen molar-refractivity contribution in [3.8, 4) is 17.2 Å². The van der Waals surface area contributed by atoms with Crippen LogP contribution in [-0.4, -0.2) is 20.3 Å². The third-order valence-corrected chi connectivity index (χ3v) is 2.99. The fourth-order valence-electron chi connectivity index (χ4n) is 1.82. The lowest BCUT2D eigenvalue weighted by Crippen LogP contribution is -2.10. The first kappa shape index (κ1) is 15.0. The highest BCUT2D eigenvalue weighted by molar-refractivity contribution is 5.50. The van der Waals surface area contributed by atoms with Crippen molar-refractivity contribution in [1.82, 2.24) is 0 Å². The molecule has 0 heterocycles. The van der Waals surface area contributed by atoms with Crippen molar-refractivity contribution in [3.63, 3.8) is 0 Å². The first-order chi connectivity index (χ1) is 10.1. The minimum atomic E-state index is -0.476. The van der Waals surface area contributed by atoms with Crippen LogP contribution in [0.4, 0.5) is 10.1 Å². The fraction of sp³-hybridized carbons (Fsp3) is 0.250. The number of nitrogens with two attached hydrogens (primary N) is 1. The van der Waals surface area contributed by atoms with Gasteiger partial charge in [0.2, 0.25) is 0 Å². The maximum Gasteiger partial charge on any atom is 0.167 e. The third kappa shape index (κ3) is 3.78. The molecule has 0 fully saturated rings. The lowest BCUT2D eigenvalue weighted by Gasteiger charge is -2.12. The first-order valence-corrected chi connectivity index (χ1v) is 6.56. The van der Waals surface area contributed by atoms with Gasteiger partial charge in [-0.1, -0.05) is 12.1 Å². The number of benzene rings is 2. The van der Waals surface area contributed by atoms with Gasteiger partial charge in [0.15, 0.2) is 23.1 Å². The number of hydrogen-bond donors (Lipinski definition) is 1. The van der Waals surface area contributed by atoms with Crippen LogP contribution in [0, 0.1) is 12.7 Å². The molecule has 0 aliphatic heterocycles. The number of rotatable bonds is 6. The van der Waals surface area contributed by atoms with E-state index in [1.165, 1.54) is 6.07 Å². The predicted molar refractivity (Wildman–Crippen MR) is 79.5 cm³/mol. The monoisotopic (exact) mass is 291 g/mol. The Labute approximate surface area is 123 Å². The number of aryl methyl sites for hydroxylation is 1. The van der Waals surface area contributed by atoms with Crippen LogP contribution in [0.5, 0.6) is 17.2 Å². The summed E-state index contributed by atoms with van der Waals surface area (Å²) in [5.41, 5.74) is 6.80. The van der Waals surface area contributed by atoms with E-state index in [4.69, 9.17) is 19.9 Å². The topological polar surface area (TPSA) is 53.7 Å². The molecular formula is C16H18FNO3. The smallest absolute Gasteiger partial charge is 0.167 e. The maximum atomic E-state index is 13.6. The molecule has 0 atom stereocenters. The Morgan fingerprint density at radius 3 is 2.29 bits per heavy atom. The van der Waals surface area contributed by atoms with Crippen molar-refractivity contribution in [2.24, 2.45) is 0 Å². The van der Waals surface area contributed by atoms with Crippen molar-refractivity contribution in [3.05, 3.63) is 47.8 Å². The second-order valence-electron chi connectivity index (χ2n) is 4.49. The molecule has 0 radical (unpaired) electrons. The van der Waals surface area contributed by atoms with Crippen molar-refractivity contribution in [2.45, 2.75) is 6.92 Å². The number of halogens is 1. The second-order valence-corrected chi connectivity index (χ2v) is 4.49. The van der Waals surface area contributed by atoms with Crippen LogP contribution in [0.2, 0.25) is 0 Å². The van der Waals surface area contributed by atoms with E-state index >= 15 is 0 Å². The summed E-state index contributed by atoms with van der Waals surface area (Å²) >= 11 is 0. The van der Waals surface area contributed by atoms with Crippen LogP contribution in [0.3, 0.4) is 0 Å². The van der Waals surface area contributed by atoms with Crippen LogP contribution < -0.4 is 19.9 Å². The van der Waals surface area contributed by atoms with Crippen LogP contribution in [0.25, 0.3) is 0 Å². The van der Waals surface area contributed by atoms with Gasteiger partial charge in [-0.05, 0) is 30.7 Å². The van der Waals surface area contributed by atoms with E-state index in [-0.39, 0.29) is 19.0 Å². The SMILES string of the molecule is COc1ccccc1OCCOc1cc(C)c(N)cc1F. The molecule has 0 bridgehead atoms. The van der Waals surface area contributed by atoms with Gasteiger partial charge in [-0.2, -0.15) is 0 Å². The molecule has 2 aromatic carbocycles. The Morgan fingerprint density at radius 1 is 1.00 bits per heavy atom. The Bertz CT molecular complexity index is 616. The minimum Gasteiger partial charge on any atom is -0.493 e. The van der Waals surface area contributed by atoms with Crippen LogP contribution in [0.1, 0.15) is 5.56 Å². The number of nitrogen functional groups attached to an aromatic ring is 1. The summed E-state index contributed by atoms with van der Waals surface area (Å²) in [6.45, 7) is 2.30. The van der Waals surface area contributed by atoms with Gasteiger partial charge in [0.05, 0.1) is 7.11 Å². The van der Waals surface area contributed by atoms with Crippen molar-refractivity contribution < 1.29 is 18.6 Å². The van der Waals surface area contributed by atoms with E-state index < -0.39 is 5.82 Å². The summed E-state index contributed by atoms with van der Waals surface area (Å²) in [5.74, 6) is 0.963. The predicted octanol–water partition coefficient (Wildman–Crippen LogP) is 3.18. The van der Waals surface area contributed by atoms with E-state index in [2.05, 4.69) is 0 Å². The normalized spacial score (nSPS) is 10.2. The molecule has 0 aliphatic carbocycles. The van der Waals surface area contributed by atoms with Gasteiger partial charge in [0.25, 0.3) is 0 Å². The van der Waals surface area contributed by atoms with Crippen molar-refractivity contribution in [1.29, 1.82) is 0 Å². The summed E-state index contributed by atoms with van der Waals surface area (Å²) in [5, 5.41) is 0. The molecule has 2 rings (SSSR count). The second kappa shape index (κ2) is 6.83. The molecule has 2 N–H and O–H groups in total. The fourth-order valence-corrected chi connectivity index (χ4v) is 1.82. The molecule has 5 heteroatoms. The number of para-hydroxylation sites is 2. The molecule has 0 saturated carbocycles. The highest BCUT2D eigenvalue weighted by Crippen LogP contribution is 2.26. The Balaban J connectivity index is 1.89. The highest BCUT2D eigenvalue weighted by atomic mass is 19.1. The van der Waals surface area contributed by atoms with Crippen LogP contribution in [-0.2, 0) is 0 Å². The summed E-state index contributed by atoms with van der Waals surface area (Å²) in [6, 6.07) is 10.1. The van der Waals surface area contributed by atoms with E-state index in [9.17, 15) is 4.39 Å². The van der Waals surface area contributed by atoms with Crippen LogP contribution in [0.15, 0.2) is 36.4 Å². The van der Waals surface area contributed by atoms with E-state index in [0.29, 0.717) is 17.2 Å². The summed E-state index contributed by atoms with van der Waals surface area (Å²) < 4.78 is 29.7. The van der Waals surface area contributed by atoms with Crippen molar-refractivity contribution >= 4 is 5.69 Å². The molecule has 0 unspecified atom stereocenters. The van der Waals surface area contributed by atoms with Gasteiger partial charge in [-0.25, -0.2) is 4.39 Å². The minimum absolute atomic E-state index is 0.172. The lowest BCUT2D eigenvalue weighted by molar-refractivity contribution is 0.206. The molecule has 4 nitrogen and oxygen atoms in total. The Morgan fingerprint density at radius 2 is 1.62 bits per heavy atom. The maximum absolute atomic E-state index is 13.6. The van der Waals surface area contributed by atoms with E-state index in [0.717, 1.165) is 5.56 Å². The van der Waals surface area contributed by atoms with Gasteiger partial charge < -0.3 is 19.9 Å². The summed E-state index contributed by atoms with van der Waals surface area (Å²) in [7, 11) is 1.57. The average molecular weight is 291 g/mol. The zero-order chi connectivity index (χ0) is 15.2. The zero-order valence-corrected chi connectivity index (χ0v) is 12.1. The largest absolute Gasteiger partial charge is 0.493 e. The molecule has 21 heavy (non-hydrogen) atoms. The highest BCUT2D eigenvalue weighted by Gasteiger charge is 2.07. The third-order valence-electron chi connectivity index (χ3n) is 2.99. The molecular weight excluding hydrogens is 273 g/mol. The van der Waals surface area contributed by atoms with Gasteiger partial charge in [0.1, 0.15) is 13.2 Å². The summed E-state index contributed by atoms with van der Waals surface area (Å²) in [6.07, 6.45) is 0. The molecule has 0 spiro atoms.